The summed E-state index contributed by atoms with van der Waals surface area (Å²) in [6.45, 7) is 3.95. The topological polar surface area (TPSA) is 42.0 Å². The molecule has 3 nitrogen and oxygen atoms in total. The van der Waals surface area contributed by atoms with E-state index in [1.54, 1.807) is 0 Å². The molecule has 0 aliphatic heterocycles. The molecule has 0 saturated carbocycles. The molecule has 0 saturated heterocycles. The molecule has 2 aromatic heterocycles. The predicted octanol–water partition coefficient (Wildman–Crippen LogP) is 4.03. The van der Waals surface area contributed by atoms with Crippen LogP contribution in [0.1, 0.15) is 27.2 Å². The fourth-order valence-electron chi connectivity index (χ4n) is 1.54. The van der Waals surface area contributed by atoms with Gasteiger partial charge in [0.15, 0.2) is 0 Å². The summed E-state index contributed by atoms with van der Waals surface area (Å²) in [4.78, 5) is 18.2. The van der Waals surface area contributed by atoms with Crippen LogP contribution in [-0.4, -0.2) is 10.9 Å². The highest BCUT2D eigenvalue weighted by atomic mass is 79.9. The fraction of sp³-hybridized carbons (Fsp3) is 0.231. The van der Waals surface area contributed by atoms with E-state index in [0.29, 0.717) is 0 Å². The zero-order valence-electron chi connectivity index (χ0n) is 10.2. The molecule has 2 aromatic rings. The standard InChI is InChI=1S/C13H13BrN2OS/c1-3-9-4-6-11(18-9)13(17)16-10-5-7-12(14)15-8(10)2/h4-7H,3H2,1-2H3,(H,16,17). The molecule has 0 unspecified atom stereocenters. The van der Waals surface area contributed by atoms with Gasteiger partial charge in [0.1, 0.15) is 4.60 Å². The number of thiophene rings is 1. The Morgan fingerprint density at radius 2 is 2.17 bits per heavy atom. The van der Waals surface area contributed by atoms with Crippen molar-refractivity contribution in [3.05, 3.63) is 44.3 Å². The van der Waals surface area contributed by atoms with Gasteiger partial charge < -0.3 is 5.32 Å². The monoisotopic (exact) mass is 324 g/mol. The van der Waals surface area contributed by atoms with E-state index in [2.05, 4.69) is 33.2 Å². The Morgan fingerprint density at radius 1 is 1.39 bits per heavy atom. The molecule has 0 atom stereocenters. The Balaban J connectivity index is 2.16. The van der Waals surface area contributed by atoms with Gasteiger partial charge >= 0.3 is 0 Å². The minimum absolute atomic E-state index is 0.0769. The average Bonchev–Trinajstić information content (AvgIpc) is 2.81. The number of nitrogens with one attached hydrogen (secondary N) is 1. The van der Waals surface area contributed by atoms with Gasteiger partial charge in [-0.3, -0.25) is 4.79 Å². The number of pyridine rings is 1. The van der Waals surface area contributed by atoms with E-state index in [9.17, 15) is 4.79 Å². The maximum atomic E-state index is 12.0. The van der Waals surface area contributed by atoms with E-state index in [-0.39, 0.29) is 5.91 Å². The summed E-state index contributed by atoms with van der Waals surface area (Å²) < 4.78 is 0.766. The van der Waals surface area contributed by atoms with E-state index < -0.39 is 0 Å². The third kappa shape index (κ3) is 2.97. The molecule has 0 fully saturated rings. The van der Waals surface area contributed by atoms with Crippen molar-refractivity contribution in [2.45, 2.75) is 20.3 Å². The number of amides is 1. The van der Waals surface area contributed by atoms with E-state index >= 15 is 0 Å². The zero-order valence-corrected chi connectivity index (χ0v) is 12.6. The maximum Gasteiger partial charge on any atom is 0.265 e. The molecule has 18 heavy (non-hydrogen) atoms. The number of nitrogens with zero attached hydrogens (tertiary/aromatic N) is 1. The lowest BCUT2D eigenvalue weighted by Gasteiger charge is -2.06. The van der Waals surface area contributed by atoms with Crippen molar-refractivity contribution in [1.29, 1.82) is 0 Å². The molecule has 0 radical (unpaired) electrons. The van der Waals surface area contributed by atoms with Crippen LogP contribution in [0.5, 0.6) is 0 Å². The summed E-state index contributed by atoms with van der Waals surface area (Å²) >= 11 is 4.83. The summed E-state index contributed by atoms with van der Waals surface area (Å²) in [5, 5.41) is 2.88. The zero-order chi connectivity index (χ0) is 13.1. The van der Waals surface area contributed by atoms with Crippen LogP contribution in [0.4, 0.5) is 5.69 Å². The summed E-state index contributed by atoms with van der Waals surface area (Å²) in [5.74, 6) is -0.0769. The Kier molecular flexibility index (Phi) is 4.14. The highest BCUT2D eigenvalue weighted by Crippen LogP contribution is 2.20. The van der Waals surface area contributed by atoms with Crippen molar-refractivity contribution in [2.75, 3.05) is 5.32 Å². The molecule has 1 N–H and O–H groups in total. The quantitative estimate of drug-likeness (QED) is 0.866. The van der Waals surface area contributed by atoms with Gasteiger partial charge in [0, 0.05) is 4.88 Å². The van der Waals surface area contributed by atoms with Gasteiger partial charge in [-0.25, -0.2) is 4.98 Å². The van der Waals surface area contributed by atoms with Crippen LogP contribution in [0.15, 0.2) is 28.9 Å². The minimum atomic E-state index is -0.0769. The smallest absolute Gasteiger partial charge is 0.265 e. The molecular formula is C13H13BrN2OS. The molecule has 0 spiro atoms. The van der Waals surface area contributed by atoms with Crippen LogP contribution in [0, 0.1) is 6.92 Å². The first-order valence-electron chi connectivity index (χ1n) is 5.63. The number of hydrogen-bond acceptors (Lipinski definition) is 3. The third-order valence-corrected chi connectivity index (χ3v) is 4.20. The number of hydrogen-bond donors (Lipinski definition) is 1. The van der Waals surface area contributed by atoms with Crippen molar-refractivity contribution in [1.82, 2.24) is 4.98 Å². The fourth-order valence-corrected chi connectivity index (χ4v) is 2.78. The molecular weight excluding hydrogens is 312 g/mol. The Bertz CT molecular complexity index is 580. The van der Waals surface area contributed by atoms with E-state index in [0.717, 1.165) is 27.3 Å². The van der Waals surface area contributed by atoms with Gasteiger partial charge in [-0.05, 0) is 53.5 Å². The van der Waals surface area contributed by atoms with Crippen LogP contribution in [-0.2, 0) is 6.42 Å². The second-order valence-corrected chi connectivity index (χ2v) is 5.82. The first kappa shape index (κ1) is 13.2. The van der Waals surface area contributed by atoms with Crippen molar-refractivity contribution in [2.24, 2.45) is 0 Å². The molecule has 5 heteroatoms. The number of aromatic nitrogens is 1. The second-order valence-electron chi connectivity index (χ2n) is 3.84. The highest BCUT2D eigenvalue weighted by molar-refractivity contribution is 9.10. The third-order valence-electron chi connectivity index (χ3n) is 2.53. The highest BCUT2D eigenvalue weighted by Gasteiger charge is 2.10. The molecule has 0 bridgehead atoms. The van der Waals surface area contributed by atoms with Gasteiger partial charge in [-0.15, -0.1) is 11.3 Å². The van der Waals surface area contributed by atoms with Crippen molar-refractivity contribution in [3.63, 3.8) is 0 Å². The van der Waals surface area contributed by atoms with Gasteiger partial charge in [0.2, 0.25) is 0 Å². The summed E-state index contributed by atoms with van der Waals surface area (Å²) in [6.07, 6.45) is 0.955. The lowest BCUT2D eigenvalue weighted by molar-refractivity contribution is 0.103. The van der Waals surface area contributed by atoms with Gasteiger partial charge in [-0.1, -0.05) is 6.92 Å². The van der Waals surface area contributed by atoms with Crippen LogP contribution < -0.4 is 5.32 Å². The van der Waals surface area contributed by atoms with Crippen LogP contribution in [0.2, 0.25) is 0 Å². The largest absolute Gasteiger partial charge is 0.320 e. The van der Waals surface area contributed by atoms with Gasteiger partial charge in [-0.2, -0.15) is 0 Å². The predicted molar refractivity (Wildman–Crippen MR) is 78.3 cm³/mol. The lowest BCUT2D eigenvalue weighted by atomic mass is 10.3. The van der Waals surface area contributed by atoms with Crippen molar-refractivity contribution < 1.29 is 4.79 Å². The number of aryl methyl sites for hydroxylation is 2. The number of halogens is 1. The van der Waals surface area contributed by atoms with E-state index in [1.807, 2.05) is 31.2 Å². The molecule has 0 aliphatic carbocycles. The molecule has 0 aromatic carbocycles. The SMILES string of the molecule is CCc1ccc(C(=O)Nc2ccc(Br)nc2C)s1. The van der Waals surface area contributed by atoms with Crippen LogP contribution in [0.25, 0.3) is 0 Å². The van der Waals surface area contributed by atoms with Crippen molar-refractivity contribution in [3.8, 4) is 0 Å². The average molecular weight is 325 g/mol. The Morgan fingerprint density at radius 3 is 2.78 bits per heavy atom. The lowest BCUT2D eigenvalue weighted by Crippen LogP contribution is -2.11. The maximum absolute atomic E-state index is 12.0. The number of carbonyl (C=O) groups excluding carboxylic acids is 1. The minimum Gasteiger partial charge on any atom is -0.320 e. The molecule has 2 heterocycles. The Labute approximate surface area is 118 Å². The Hall–Kier alpha value is -1.20. The van der Waals surface area contributed by atoms with Crippen molar-refractivity contribution >= 4 is 38.9 Å². The number of anilines is 1. The summed E-state index contributed by atoms with van der Waals surface area (Å²) in [6, 6.07) is 7.51. The van der Waals surface area contributed by atoms with E-state index in [4.69, 9.17) is 0 Å². The summed E-state index contributed by atoms with van der Waals surface area (Å²) in [5.41, 5.74) is 1.54. The normalized spacial score (nSPS) is 10.4. The molecule has 2 rings (SSSR count). The molecule has 1 amide bonds. The van der Waals surface area contributed by atoms with E-state index in [1.165, 1.54) is 16.2 Å². The first-order chi connectivity index (χ1) is 8.60. The molecule has 0 aliphatic rings. The van der Waals surface area contributed by atoms with Crippen LogP contribution in [0.3, 0.4) is 0 Å². The first-order valence-corrected chi connectivity index (χ1v) is 7.24. The van der Waals surface area contributed by atoms with Crippen LogP contribution >= 0.6 is 27.3 Å². The summed E-state index contributed by atoms with van der Waals surface area (Å²) in [7, 11) is 0. The second kappa shape index (κ2) is 5.63. The van der Waals surface area contributed by atoms with Gasteiger partial charge in [0.05, 0.1) is 16.3 Å². The molecule has 94 valence electrons. The number of carbonyl (C=O) groups is 1. The number of rotatable bonds is 3. The van der Waals surface area contributed by atoms with Gasteiger partial charge in [0.25, 0.3) is 5.91 Å².